The Labute approximate surface area is 171 Å². The van der Waals surface area contributed by atoms with E-state index in [2.05, 4.69) is 4.98 Å². The highest BCUT2D eigenvalue weighted by atomic mass is 16.5. The Hall–Kier alpha value is -2.80. The third kappa shape index (κ3) is 4.15. The molecule has 1 N–H and O–H groups in total. The molecule has 1 fully saturated rings. The van der Waals surface area contributed by atoms with Gasteiger partial charge in [0.15, 0.2) is 11.5 Å². The summed E-state index contributed by atoms with van der Waals surface area (Å²) in [5.41, 5.74) is 2.61. The Balaban J connectivity index is 2.20. The molecule has 0 amide bonds. The molecule has 7 nitrogen and oxygen atoms in total. The average molecular weight is 400 g/mol. The van der Waals surface area contributed by atoms with Crippen LogP contribution in [-0.2, 0) is 4.79 Å². The van der Waals surface area contributed by atoms with Gasteiger partial charge >= 0.3 is 5.97 Å². The third-order valence-electron chi connectivity index (χ3n) is 5.40. The van der Waals surface area contributed by atoms with Crippen molar-refractivity contribution in [2.24, 2.45) is 0 Å². The highest BCUT2D eigenvalue weighted by Gasteiger charge is 2.37. The van der Waals surface area contributed by atoms with Crippen molar-refractivity contribution in [2.75, 3.05) is 27.9 Å². The molecule has 1 aliphatic rings. The standard InChI is InChI=1S/C22H28N2O5/c1-14-8-10-16(23-13-14)19(24-12-6-5-7-17(24)22(25)26)15-9-11-18(27-2)21(29-4)20(15)28-3/h8-11,13,17,19H,5-7,12H2,1-4H3,(H,25,26). The predicted octanol–water partition coefficient (Wildman–Crippen LogP) is 3.44. The summed E-state index contributed by atoms with van der Waals surface area (Å²) in [7, 11) is 4.70. The number of rotatable bonds is 7. The highest BCUT2D eigenvalue weighted by molar-refractivity contribution is 5.74. The molecule has 156 valence electrons. The van der Waals surface area contributed by atoms with Gasteiger partial charge in [-0.2, -0.15) is 0 Å². The van der Waals surface area contributed by atoms with Crippen molar-refractivity contribution in [1.29, 1.82) is 0 Å². The maximum atomic E-state index is 12.0. The molecule has 0 bridgehead atoms. The lowest BCUT2D eigenvalue weighted by Gasteiger charge is -2.39. The number of hydrogen-bond acceptors (Lipinski definition) is 6. The van der Waals surface area contributed by atoms with Crippen LogP contribution >= 0.6 is 0 Å². The van der Waals surface area contributed by atoms with Crippen molar-refractivity contribution in [3.63, 3.8) is 0 Å². The van der Waals surface area contributed by atoms with Crippen molar-refractivity contribution >= 4 is 5.97 Å². The van der Waals surface area contributed by atoms with E-state index in [4.69, 9.17) is 14.2 Å². The maximum absolute atomic E-state index is 12.0. The summed E-state index contributed by atoms with van der Waals surface area (Å²) >= 11 is 0. The first-order valence-corrected chi connectivity index (χ1v) is 9.71. The van der Waals surface area contributed by atoms with Crippen LogP contribution in [0.4, 0.5) is 0 Å². The molecule has 2 heterocycles. The van der Waals surface area contributed by atoms with Gasteiger partial charge in [-0.3, -0.25) is 14.7 Å². The Morgan fingerprint density at radius 1 is 1.10 bits per heavy atom. The molecule has 0 radical (unpaired) electrons. The number of pyridine rings is 1. The Bertz CT molecular complexity index is 853. The van der Waals surface area contributed by atoms with E-state index in [0.717, 1.165) is 29.7 Å². The van der Waals surface area contributed by atoms with Crippen molar-refractivity contribution in [3.8, 4) is 17.2 Å². The molecule has 7 heteroatoms. The maximum Gasteiger partial charge on any atom is 0.320 e. The number of aromatic nitrogens is 1. The molecule has 0 aliphatic carbocycles. The van der Waals surface area contributed by atoms with E-state index >= 15 is 0 Å². The second kappa shape index (κ2) is 9.13. The molecule has 2 aromatic rings. The average Bonchev–Trinajstić information content (AvgIpc) is 2.74. The minimum Gasteiger partial charge on any atom is -0.493 e. The molecule has 1 saturated heterocycles. The van der Waals surface area contributed by atoms with Gasteiger partial charge in [-0.05, 0) is 50.1 Å². The van der Waals surface area contributed by atoms with Gasteiger partial charge in [0.25, 0.3) is 0 Å². The third-order valence-corrected chi connectivity index (χ3v) is 5.40. The number of carboxylic acid groups (broad SMARTS) is 1. The summed E-state index contributed by atoms with van der Waals surface area (Å²) in [6.07, 6.45) is 4.23. The number of benzene rings is 1. The van der Waals surface area contributed by atoms with Crippen molar-refractivity contribution in [2.45, 2.75) is 38.3 Å². The van der Waals surface area contributed by atoms with Gasteiger partial charge in [0.1, 0.15) is 6.04 Å². The molecule has 2 unspecified atom stereocenters. The number of carboxylic acids is 1. The number of carbonyl (C=O) groups is 1. The van der Waals surface area contributed by atoms with E-state index in [9.17, 15) is 9.90 Å². The molecule has 29 heavy (non-hydrogen) atoms. The quantitative estimate of drug-likeness (QED) is 0.762. The second-order valence-corrected chi connectivity index (χ2v) is 7.17. The summed E-state index contributed by atoms with van der Waals surface area (Å²) in [5, 5.41) is 9.87. The largest absolute Gasteiger partial charge is 0.493 e. The summed E-state index contributed by atoms with van der Waals surface area (Å²) in [6.45, 7) is 2.64. The minimum absolute atomic E-state index is 0.383. The van der Waals surface area contributed by atoms with Gasteiger partial charge in [-0.15, -0.1) is 0 Å². The zero-order valence-corrected chi connectivity index (χ0v) is 17.3. The Morgan fingerprint density at radius 2 is 1.86 bits per heavy atom. The van der Waals surface area contributed by atoms with E-state index in [1.807, 2.05) is 36.1 Å². The van der Waals surface area contributed by atoms with Crippen molar-refractivity contribution in [3.05, 3.63) is 47.3 Å². The number of hydrogen-bond donors (Lipinski definition) is 1. The van der Waals surface area contributed by atoms with E-state index in [-0.39, 0.29) is 6.04 Å². The fourth-order valence-corrected chi connectivity index (χ4v) is 4.02. The van der Waals surface area contributed by atoms with Gasteiger partial charge < -0.3 is 19.3 Å². The fourth-order valence-electron chi connectivity index (χ4n) is 4.02. The van der Waals surface area contributed by atoms with Gasteiger partial charge in [-0.1, -0.05) is 12.5 Å². The number of nitrogens with zero attached hydrogens (tertiary/aromatic N) is 2. The first-order valence-electron chi connectivity index (χ1n) is 9.71. The Kier molecular flexibility index (Phi) is 6.59. The van der Waals surface area contributed by atoms with Crippen LogP contribution in [0.1, 0.15) is 42.1 Å². The summed E-state index contributed by atoms with van der Waals surface area (Å²) in [5.74, 6) is 0.737. The van der Waals surface area contributed by atoms with E-state index in [0.29, 0.717) is 30.2 Å². The van der Waals surface area contributed by atoms with E-state index in [1.165, 1.54) is 0 Å². The van der Waals surface area contributed by atoms with E-state index in [1.54, 1.807) is 27.5 Å². The predicted molar refractivity (Wildman–Crippen MR) is 109 cm³/mol. The smallest absolute Gasteiger partial charge is 0.320 e. The Morgan fingerprint density at radius 3 is 2.45 bits per heavy atom. The molecule has 1 aromatic heterocycles. The second-order valence-electron chi connectivity index (χ2n) is 7.17. The van der Waals surface area contributed by atoms with Crippen LogP contribution in [0.2, 0.25) is 0 Å². The molecule has 2 atom stereocenters. The number of ether oxygens (including phenoxy) is 3. The van der Waals surface area contributed by atoms with Gasteiger partial charge in [0.05, 0.1) is 33.1 Å². The van der Waals surface area contributed by atoms with Crippen LogP contribution in [0.5, 0.6) is 17.2 Å². The number of methoxy groups -OCH3 is 3. The SMILES string of the molecule is COc1ccc(C(c2ccc(C)cn2)N2CCCCC2C(=O)O)c(OC)c1OC. The lowest BCUT2D eigenvalue weighted by molar-refractivity contribution is -0.145. The number of aliphatic carboxylic acids is 1. The van der Waals surface area contributed by atoms with Gasteiger partial charge in [0, 0.05) is 11.8 Å². The number of aryl methyl sites for hydroxylation is 1. The van der Waals surface area contributed by atoms with Gasteiger partial charge in [-0.25, -0.2) is 0 Å². The normalized spacial score (nSPS) is 18.1. The summed E-state index contributed by atoms with van der Waals surface area (Å²) in [4.78, 5) is 18.7. The van der Waals surface area contributed by atoms with Crippen LogP contribution in [0.25, 0.3) is 0 Å². The molecule has 3 rings (SSSR count). The van der Waals surface area contributed by atoms with Crippen molar-refractivity contribution in [1.82, 2.24) is 9.88 Å². The zero-order chi connectivity index (χ0) is 21.0. The number of likely N-dealkylation sites (tertiary alicyclic amines) is 1. The van der Waals surface area contributed by atoms with Crippen LogP contribution in [0, 0.1) is 6.92 Å². The molecular weight excluding hydrogens is 372 g/mol. The monoisotopic (exact) mass is 400 g/mol. The summed E-state index contributed by atoms with van der Waals surface area (Å²) in [6, 6.07) is 6.69. The van der Waals surface area contributed by atoms with Crippen molar-refractivity contribution < 1.29 is 24.1 Å². The fraction of sp³-hybridized carbons (Fsp3) is 0.455. The molecule has 0 saturated carbocycles. The molecule has 1 aliphatic heterocycles. The molecule has 0 spiro atoms. The lowest BCUT2D eigenvalue weighted by Crippen LogP contribution is -2.47. The van der Waals surface area contributed by atoms with Gasteiger partial charge in [0.2, 0.25) is 5.75 Å². The molecular formula is C22H28N2O5. The highest BCUT2D eigenvalue weighted by Crippen LogP contribution is 2.46. The zero-order valence-electron chi connectivity index (χ0n) is 17.3. The minimum atomic E-state index is -0.818. The summed E-state index contributed by atoms with van der Waals surface area (Å²) < 4.78 is 16.7. The lowest BCUT2D eigenvalue weighted by atomic mass is 9.93. The first-order chi connectivity index (χ1) is 14.0. The van der Waals surface area contributed by atoms with Crippen LogP contribution < -0.4 is 14.2 Å². The van der Waals surface area contributed by atoms with Crippen LogP contribution in [0.15, 0.2) is 30.5 Å². The molecule has 1 aromatic carbocycles. The van der Waals surface area contributed by atoms with Crippen LogP contribution in [-0.4, -0.2) is 54.9 Å². The van der Waals surface area contributed by atoms with E-state index < -0.39 is 12.0 Å². The number of piperidine rings is 1. The topological polar surface area (TPSA) is 81.1 Å². The van der Waals surface area contributed by atoms with Crippen LogP contribution in [0.3, 0.4) is 0 Å². The first kappa shape index (κ1) is 20.9.